The molecule has 2 atom stereocenters. The van der Waals surface area contributed by atoms with E-state index in [0.29, 0.717) is 5.92 Å². The summed E-state index contributed by atoms with van der Waals surface area (Å²) < 4.78 is 11.5. The van der Waals surface area contributed by atoms with E-state index in [1.54, 1.807) is 0 Å². The minimum Gasteiger partial charge on any atom is -0.384 e. The summed E-state index contributed by atoms with van der Waals surface area (Å²) >= 11 is 1.81. The van der Waals surface area contributed by atoms with E-state index < -0.39 is 0 Å². The number of hydrogen-bond donors (Lipinski definition) is 1. The number of likely N-dealkylation sites (tertiary alicyclic amines) is 1. The minimum absolute atomic E-state index is 0.265. The smallest absolute Gasteiger partial charge is 0.0877 e. The van der Waals surface area contributed by atoms with E-state index in [-0.39, 0.29) is 6.10 Å². The molecule has 5 rings (SSSR count). The largest absolute Gasteiger partial charge is 0.384 e. The van der Waals surface area contributed by atoms with Crippen molar-refractivity contribution in [2.45, 2.75) is 18.9 Å². The Hall–Kier alpha value is -1.93. The Kier molecular flexibility index (Phi) is 6.04. The van der Waals surface area contributed by atoms with Crippen molar-refractivity contribution in [3.63, 3.8) is 0 Å². The van der Waals surface area contributed by atoms with Gasteiger partial charge < -0.3 is 19.3 Å². The molecular weight excluding hydrogens is 396 g/mol. The van der Waals surface area contributed by atoms with Crippen LogP contribution in [0.15, 0.2) is 35.8 Å². The number of ether oxygens (including phenoxy) is 2. The van der Waals surface area contributed by atoms with Crippen LogP contribution in [0.5, 0.6) is 0 Å². The maximum atomic E-state index is 6.14. The Balaban J connectivity index is 1.25. The van der Waals surface area contributed by atoms with Crippen LogP contribution < -0.4 is 4.90 Å². The zero-order valence-electron chi connectivity index (χ0n) is 17.5. The number of methoxy groups -OCH3 is 1. The summed E-state index contributed by atoms with van der Waals surface area (Å²) in [6.07, 6.45) is 4.73. The molecule has 3 aromatic rings. The van der Waals surface area contributed by atoms with E-state index >= 15 is 0 Å². The van der Waals surface area contributed by atoms with Crippen molar-refractivity contribution in [2.24, 2.45) is 5.92 Å². The van der Waals surface area contributed by atoms with Crippen LogP contribution >= 0.6 is 11.3 Å². The molecule has 1 aromatic carbocycles. The van der Waals surface area contributed by atoms with E-state index in [1.807, 2.05) is 24.6 Å². The van der Waals surface area contributed by atoms with Crippen molar-refractivity contribution >= 4 is 27.9 Å². The van der Waals surface area contributed by atoms with Gasteiger partial charge in [-0.2, -0.15) is 5.10 Å². The molecule has 30 heavy (non-hydrogen) atoms. The number of thiophene rings is 1. The van der Waals surface area contributed by atoms with Gasteiger partial charge in [0.15, 0.2) is 0 Å². The Morgan fingerprint density at radius 1 is 1.30 bits per heavy atom. The lowest BCUT2D eigenvalue weighted by Gasteiger charge is -2.39. The highest BCUT2D eigenvalue weighted by Crippen LogP contribution is 2.36. The molecule has 0 amide bonds. The molecule has 160 valence electrons. The lowest BCUT2D eigenvalue weighted by Crippen LogP contribution is -2.49. The second-order valence-electron chi connectivity index (χ2n) is 8.47. The number of aromatic nitrogens is 2. The molecule has 0 radical (unpaired) electrons. The van der Waals surface area contributed by atoms with E-state index in [2.05, 4.69) is 49.6 Å². The SMILES string of the molecule is COCC1CCCN(CC2CN(c3csc(-c4cccc5[nH]ncc45)c3)CCO2)C1. The van der Waals surface area contributed by atoms with Gasteiger partial charge in [0.1, 0.15) is 0 Å². The van der Waals surface area contributed by atoms with Crippen LogP contribution in [-0.4, -0.2) is 74.2 Å². The minimum atomic E-state index is 0.265. The summed E-state index contributed by atoms with van der Waals surface area (Å²) in [7, 11) is 1.81. The molecule has 2 aliphatic rings. The maximum absolute atomic E-state index is 6.14. The first-order valence-electron chi connectivity index (χ1n) is 10.9. The Morgan fingerprint density at radius 3 is 3.20 bits per heavy atom. The van der Waals surface area contributed by atoms with Crippen molar-refractivity contribution < 1.29 is 9.47 Å². The lowest BCUT2D eigenvalue weighted by molar-refractivity contribution is 0.00118. The number of hydrogen-bond acceptors (Lipinski definition) is 6. The molecule has 2 saturated heterocycles. The molecule has 0 bridgehead atoms. The first-order valence-corrected chi connectivity index (χ1v) is 11.8. The number of nitrogens with one attached hydrogen (secondary N) is 1. The zero-order valence-corrected chi connectivity index (χ0v) is 18.4. The van der Waals surface area contributed by atoms with Crippen LogP contribution in [0.4, 0.5) is 5.69 Å². The van der Waals surface area contributed by atoms with Crippen LogP contribution in [0, 0.1) is 5.92 Å². The standard InChI is InChI=1S/C23H30N4O2S/c1-28-15-17-4-3-7-26(12-17)13-19-14-27(8-9-29-19)18-10-23(30-16-18)20-5-2-6-22-21(20)11-24-25-22/h2,5-6,10-11,16-17,19H,3-4,7-9,12-15H2,1H3,(H,24,25). The van der Waals surface area contributed by atoms with E-state index in [4.69, 9.17) is 9.47 Å². The molecule has 1 N–H and O–H groups in total. The summed E-state index contributed by atoms with van der Waals surface area (Å²) in [6, 6.07) is 8.67. The van der Waals surface area contributed by atoms with Gasteiger partial charge >= 0.3 is 0 Å². The van der Waals surface area contributed by atoms with E-state index in [1.165, 1.54) is 40.9 Å². The van der Waals surface area contributed by atoms with Crippen molar-refractivity contribution in [3.05, 3.63) is 35.8 Å². The summed E-state index contributed by atoms with van der Waals surface area (Å²) in [5.41, 5.74) is 3.64. The number of benzene rings is 1. The Bertz CT molecular complexity index is 969. The first kappa shape index (κ1) is 20.0. The van der Waals surface area contributed by atoms with E-state index in [9.17, 15) is 0 Å². The quantitative estimate of drug-likeness (QED) is 0.649. The van der Waals surface area contributed by atoms with Crippen LogP contribution in [-0.2, 0) is 9.47 Å². The van der Waals surface area contributed by atoms with Gasteiger partial charge in [0.2, 0.25) is 0 Å². The summed E-state index contributed by atoms with van der Waals surface area (Å²) in [5.74, 6) is 0.661. The lowest BCUT2D eigenvalue weighted by atomic mass is 9.98. The highest BCUT2D eigenvalue weighted by molar-refractivity contribution is 7.14. The average molecular weight is 427 g/mol. The second kappa shape index (κ2) is 9.06. The van der Waals surface area contributed by atoms with Gasteiger partial charge in [-0.25, -0.2) is 0 Å². The van der Waals surface area contributed by atoms with Crippen molar-refractivity contribution in [2.75, 3.05) is 57.9 Å². The fraction of sp³-hybridized carbons (Fsp3) is 0.522. The van der Waals surface area contributed by atoms with Gasteiger partial charge in [-0.05, 0) is 37.4 Å². The number of fused-ring (bicyclic) bond motifs is 1. The van der Waals surface area contributed by atoms with Crippen LogP contribution in [0.25, 0.3) is 21.3 Å². The van der Waals surface area contributed by atoms with Gasteiger partial charge in [0.05, 0.1) is 31.0 Å². The first-order chi connectivity index (χ1) is 14.8. The van der Waals surface area contributed by atoms with Crippen molar-refractivity contribution in [1.29, 1.82) is 0 Å². The fourth-order valence-corrected chi connectivity index (χ4v) is 5.82. The molecule has 6 nitrogen and oxygen atoms in total. The third-order valence-corrected chi connectivity index (χ3v) is 7.26. The molecule has 7 heteroatoms. The monoisotopic (exact) mass is 426 g/mol. The fourth-order valence-electron chi connectivity index (χ4n) is 4.86. The molecule has 2 unspecified atom stereocenters. The van der Waals surface area contributed by atoms with Crippen molar-refractivity contribution in [3.8, 4) is 10.4 Å². The summed E-state index contributed by atoms with van der Waals surface area (Å²) in [6.45, 7) is 6.90. The van der Waals surface area contributed by atoms with Gasteiger partial charge in [-0.3, -0.25) is 5.10 Å². The molecule has 0 spiro atoms. The predicted octanol–water partition coefficient (Wildman–Crippen LogP) is 3.86. The summed E-state index contributed by atoms with van der Waals surface area (Å²) in [4.78, 5) is 6.35. The van der Waals surface area contributed by atoms with Gasteiger partial charge in [0.25, 0.3) is 0 Å². The maximum Gasteiger partial charge on any atom is 0.0877 e. The van der Waals surface area contributed by atoms with Crippen LogP contribution in [0.1, 0.15) is 12.8 Å². The second-order valence-corrected chi connectivity index (χ2v) is 9.38. The number of nitrogens with zero attached hydrogens (tertiary/aromatic N) is 3. The van der Waals surface area contributed by atoms with Gasteiger partial charge in [-0.1, -0.05) is 12.1 Å². The Morgan fingerprint density at radius 2 is 2.27 bits per heavy atom. The predicted molar refractivity (Wildman–Crippen MR) is 122 cm³/mol. The molecule has 2 aromatic heterocycles. The number of rotatable bonds is 6. The van der Waals surface area contributed by atoms with E-state index in [0.717, 1.165) is 44.9 Å². The highest BCUT2D eigenvalue weighted by atomic mass is 32.1. The zero-order chi connectivity index (χ0) is 20.3. The Labute approximate surface area is 181 Å². The topological polar surface area (TPSA) is 53.6 Å². The third kappa shape index (κ3) is 4.25. The molecule has 0 aliphatic carbocycles. The highest BCUT2D eigenvalue weighted by Gasteiger charge is 2.27. The van der Waals surface area contributed by atoms with Crippen molar-refractivity contribution in [1.82, 2.24) is 15.1 Å². The van der Waals surface area contributed by atoms with Crippen LogP contribution in [0.2, 0.25) is 0 Å². The number of aromatic amines is 1. The average Bonchev–Trinajstić information content (AvgIpc) is 3.44. The molecule has 0 saturated carbocycles. The summed E-state index contributed by atoms with van der Waals surface area (Å²) in [5, 5.41) is 10.7. The molecule has 2 fully saturated rings. The van der Waals surface area contributed by atoms with Gasteiger partial charge in [-0.15, -0.1) is 11.3 Å². The number of piperidine rings is 1. The molecular formula is C23H30N4O2S. The third-order valence-electron chi connectivity index (χ3n) is 6.31. The number of H-pyrrole nitrogens is 1. The van der Waals surface area contributed by atoms with Gasteiger partial charge in [0, 0.05) is 60.2 Å². The molecule has 2 aliphatic heterocycles. The normalized spacial score (nSPS) is 23.3. The number of morpholine rings is 1. The van der Waals surface area contributed by atoms with Crippen LogP contribution in [0.3, 0.4) is 0 Å². The molecule has 4 heterocycles. The number of anilines is 1.